The number of nitrogens with one attached hydrogen (secondary N) is 1. The van der Waals surface area contributed by atoms with E-state index in [-0.39, 0.29) is 11.8 Å². The van der Waals surface area contributed by atoms with E-state index in [0.717, 1.165) is 10.1 Å². The number of carbonyl (C=O) groups is 2. The van der Waals surface area contributed by atoms with E-state index in [9.17, 15) is 9.59 Å². The number of hydrogen-bond donors (Lipinski definition) is 1. The molecule has 2 aromatic carbocycles. The Morgan fingerprint density at radius 3 is 2.57 bits per heavy atom. The minimum Gasteiger partial charge on any atom is -0.378 e. The Morgan fingerprint density at radius 2 is 1.82 bits per heavy atom. The second kappa shape index (κ2) is 8.09. The molecule has 0 aliphatic carbocycles. The van der Waals surface area contributed by atoms with Crippen LogP contribution in [0.25, 0.3) is 10.1 Å². The second-order valence-corrected chi connectivity index (χ2v) is 8.27. The standard InChI is InChI=1S/C20H16Cl2N2O3S/c21-13-1-3-15(16(22)11-13)19(25)23-14-2-4-17-12(9-14)10-18(28-17)20(26)24-5-7-27-8-6-24/h1-4,9-11H,5-8H2,(H,23,25). The van der Waals surface area contributed by atoms with Crippen molar-refractivity contribution in [3.63, 3.8) is 0 Å². The normalized spacial score (nSPS) is 14.3. The summed E-state index contributed by atoms with van der Waals surface area (Å²) >= 11 is 13.4. The molecule has 2 amide bonds. The number of amides is 2. The lowest BCUT2D eigenvalue weighted by molar-refractivity contribution is 0.0306. The first kappa shape index (κ1) is 19.2. The Bertz CT molecular complexity index is 1060. The third-order valence-electron chi connectivity index (χ3n) is 4.46. The van der Waals surface area contributed by atoms with Gasteiger partial charge in [0.2, 0.25) is 0 Å². The molecule has 0 saturated carbocycles. The van der Waals surface area contributed by atoms with Crippen LogP contribution in [0.3, 0.4) is 0 Å². The van der Waals surface area contributed by atoms with Crippen molar-refractivity contribution in [3.8, 4) is 0 Å². The summed E-state index contributed by atoms with van der Waals surface area (Å²) in [6.45, 7) is 2.35. The number of carbonyl (C=O) groups excluding carboxylic acids is 2. The van der Waals surface area contributed by atoms with E-state index in [0.29, 0.717) is 52.5 Å². The minimum absolute atomic E-state index is 0.0167. The average molecular weight is 435 g/mol. The first-order valence-electron chi connectivity index (χ1n) is 8.68. The van der Waals surface area contributed by atoms with E-state index < -0.39 is 0 Å². The van der Waals surface area contributed by atoms with Gasteiger partial charge in [0.25, 0.3) is 11.8 Å². The van der Waals surface area contributed by atoms with Crippen molar-refractivity contribution in [2.75, 3.05) is 31.6 Å². The molecule has 1 aliphatic rings. The van der Waals surface area contributed by atoms with Crippen LogP contribution in [-0.2, 0) is 4.74 Å². The smallest absolute Gasteiger partial charge is 0.264 e. The van der Waals surface area contributed by atoms with Crippen LogP contribution >= 0.6 is 34.5 Å². The van der Waals surface area contributed by atoms with Gasteiger partial charge in [-0.05, 0) is 47.9 Å². The summed E-state index contributed by atoms with van der Waals surface area (Å²) in [4.78, 5) is 27.6. The molecule has 3 aromatic rings. The highest BCUT2D eigenvalue weighted by Gasteiger charge is 2.20. The van der Waals surface area contributed by atoms with Crippen LogP contribution in [0, 0.1) is 0 Å². The molecule has 2 heterocycles. The van der Waals surface area contributed by atoms with Gasteiger partial charge in [-0.3, -0.25) is 9.59 Å². The molecule has 1 saturated heterocycles. The largest absolute Gasteiger partial charge is 0.378 e. The molecule has 0 radical (unpaired) electrons. The molecule has 4 rings (SSSR count). The number of benzene rings is 2. The van der Waals surface area contributed by atoms with Gasteiger partial charge in [0.15, 0.2) is 0 Å². The van der Waals surface area contributed by atoms with Gasteiger partial charge in [-0.25, -0.2) is 0 Å². The number of halogens is 2. The van der Waals surface area contributed by atoms with Crippen LogP contribution in [0.2, 0.25) is 10.0 Å². The van der Waals surface area contributed by atoms with Crippen LogP contribution < -0.4 is 5.32 Å². The molecular weight excluding hydrogens is 419 g/mol. The van der Waals surface area contributed by atoms with Gasteiger partial charge in [-0.2, -0.15) is 0 Å². The van der Waals surface area contributed by atoms with Crippen molar-refractivity contribution >= 4 is 62.1 Å². The molecule has 1 fully saturated rings. The number of fused-ring (bicyclic) bond motifs is 1. The van der Waals surface area contributed by atoms with Crippen molar-refractivity contribution in [1.82, 2.24) is 4.90 Å². The average Bonchev–Trinajstić information content (AvgIpc) is 3.11. The molecule has 0 unspecified atom stereocenters. The first-order valence-corrected chi connectivity index (χ1v) is 10.3. The summed E-state index contributed by atoms with van der Waals surface area (Å²) in [6.07, 6.45) is 0. The Morgan fingerprint density at radius 1 is 1.04 bits per heavy atom. The van der Waals surface area contributed by atoms with Crippen molar-refractivity contribution < 1.29 is 14.3 Å². The third-order valence-corrected chi connectivity index (χ3v) is 6.11. The maximum Gasteiger partial charge on any atom is 0.264 e. The van der Waals surface area contributed by atoms with E-state index in [1.54, 1.807) is 17.0 Å². The predicted molar refractivity (Wildman–Crippen MR) is 113 cm³/mol. The van der Waals surface area contributed by atoms with Gasteiger partial charge in [-0.15, -0.1) is 11.3 Å². The second-order valence-electron chi connectivity index (χ2n) is 6.35. The highest BCUT2D eigenvalue weighted by Crippen LogP contribution is 2.30. The fourth-order valence-electron chi connectivity index (χ4n) is 3.02. The summed E-state index contributed by atoms with van der Waals surface area (Å²) in [6, 6.07) is 12.2. The fraction of sp³-hybridized carbons (Fsp3) is 0.200. The third kappa shape index (κ3) is 4.00. The van der Waals surface area contributed by atoms with E-state index in [2.05, 4.69) is 5.32 Å². The summed E-state index contributed by atoms with van der Waals surface area (Å²) in [5, 5.41) is 4.51. The number of anilines is 1. The lowest BCUT2D eigenvalue weighted by Crippen LogP contribution is -2.40. The van der Waals surface area contributed by atoms with E-state index in [1.807, 2.05) is 24.3 Å². The van der Waals surface area contributed by atoms with Gasteiger partial charge >= 0.3 is 0 Å². The van der Waals surface area contributed by atoms with Gasteiger partial charge in [-0.1, -0.05) is 23.2 Å². The molecule has 1 aromatic heterocycles. The molecule has 1 aliphatic heterocycles. The molecule has 0 atom stereocenters. The monoisotopic (exact) mass is 434 g/mol. The Kier molecular flexibility index (Phi) is 5.55. The lowest BCUT2D eigenvalue weighted by atomic mass is 10.2. The summed E-state index contributed by atoms with van der Waals surface area (Å²) < 4.78 is 6.29. The quantitative estimate of drug-likeness (QED) is 0.635. The van der Waals surface area contributed by atoms with Gasteiger partial charge < -0.3 is 15.0 Å². The highest BCUT2D eigenvalue weighted by molar-refractivity contribution is 7.20. The van der Waals surface area contributed by atoms with Crippen molar-refractivity contribution in [2.24, 2.45) is 0 Å². The SMILES string of the molecule is O=C(Nc1ccc2sc(C(=O)N3CCOCC3)cc2c1)c1ccc(Cl)cc1Cl. The summed E-state index contributed by atoms with van der Waals surface area (Å²) in [5.41, 5.74) is 0.978. The van der Waals surface area contributed by atoms with E-state index in [4.69, 9.17) is 27.9 Å². The molecule has 5 nitrogen and oxygen atoms in total. The minimum atomic E-state index is -0.319. The molecule has 8 heteroatoms. The predicted octanol–water partition coefficient (Wildman–Crippen LogP) is 4.93. The van der Waals surface area contributed by atoms with E-state index >= 15 is 0 Å². The Labute approximate surface area is 175 Å². The van der Waals surface area contributed by atoms with Crippen LogP contribution in [0.1, 0.15) is 20.0 Å². The van der Waals surface area contributed by atoms with Crippen LogP contribution in [-0.4, -0.2) is 43.0 Å². The maximum atomic E-state index is 12.7. The Balaban J connectivity index is 1.54. The zero-order valence-electron chi connectivity index (χ0n) is 14.7. The Hall–Kier alpha value is -2.12. The summed E-state index contributed by atoms with van der Waals surface area (Å²) in [5.74, 6) is -0.302. The molecule has 1 N–H and O–H groups in total. The zero-order chi connectivity index (χ0) is 19.7. The van der Waals surface area contributed by atoms with Crippen LogP contribution in [0.15, 0.2) is 42.5 Å². The van der Waals surface area contributed by atoms with Crippen LogP contribution in [0.5, 0.6) is 0 Å². The topological polar surface area (TPSA) is 58.6 Å². The number of thiophene rings is 1. The van der Waals surface area contributed by atoms with E-state index in [1.165, 1.54) is 17.4 Å². The molecule has 28 heavy (non-hydrogen) atoms. The summed E-state index contributed by atoms with van der Waals surface area (Å²) in [7, 11) is 0. The van der Waals surface area contributed by atoms with Gasteiger partial charge in [0.1, 0.15) is 0 Å². The fourth-order valence-corrected chi connectivity index (χ4v) is 4.53. The van der Waals surface area contributed by atoms with Crippen LogP contribution in [0.4, 0.5) is 5.69 Å². The van der Waals surface area contributed by atoms with Crippen molar-refractivity contribution in [3.05, 3.63) is 63.0 Å². The van der Waals surface area contributed by atoms with Crippen molar-refractivity contribution in [1.29, 1.82) is 0 Å². The number of rotatable bonds is 3. The number of morpholine rings is 1. The zero-order valence-corrected chi connectivity index (χ0v) is 17.0. The maximum absolute atomic E-state index is 12.7. The number of hydrogen-bond acceptors (Lipinski definition) is 4. The molecule has 0 spiro atoms. The number of ether oxygens (including phenoxy) is 1. The molecular formula is C20H16Cl2N2O3S. The van der Waals surface area contributed by atoms with Gasteiger partial charge in [0, 0.05) is 28.5 Å². The first-order chi connectivity index (χ1) is 13.5. The molecule has 144 valence electrons. The highest BCUT2D eigenvalue weighted by atomic mass is 35.5. The lowest BCUT2D eigenvalue weighted by Gasteiger charge is -2.26. The number of nitrogens with zero attached hydrogens (tertiary/aromatic N) is 1. The molecule has 0 bridgehead atoms. The van der Waals surface area contributed by atoms with Crippen molar-refractivity contribution in [2.45, 2.75) is 0 Å². The van der Waals surface area contributed by atoms with Gasteiger partial charge in [0.05, 0.1) is 28.7 Å².